The summed E-state index contributed by atoms with van der Waals surface area (Å²) in [5.41, 5.74) is -0.420. The van der Waals surface area contributed by atoms with Crippen molar-refractivity contribution < 1.29 is 14.3 Å². The van der Waals surface area contributed by atoms with Crippen molar-refractivity contribution in [2.24, 2.45) is 0 Å². The molecule has 0 aliphatic carbocycles. The Kier molecular flexibility index (Phi) is 5.26. The number of aliphatic hydroxyl groups excluding tert-OH is 1. The molecule has 1 aromatic rings. The van der Waals surface area contributed by atoms with Crippen molar-refractivity contribution in [2.75, 3.05) is 0 Å². The number of aliphatic hydroxyl groups is 1. The molecule has 1 unspecified atom stereocenters. The van der Waals surface area contributed by atoms with Crippen LogP contribution in [0, 0.1) is 5.82 Å². The normalized spacial score (nSPS) is 13.6. The average Bonchev–Trinajstić information content (AvgIpc) is 2.29. The molecule has 0 aliphatic rings. The maximum absolute atomic E-state index is 13.4. The molecule has 1 atom stereocenters. The molecule has 0 saturated carbocycles. The molecule has 0 radical (unpaired) electrons. The van der Waals surface area contributed by atoms with E-state index in [9.17, 15) is 14.3 Å². The summed E-state index contributed by atoms with van der Waals surface area (Å²) < 4.78 is 14.2. The molecule has 0 fully saturated rings. The third-order valence-electron chi connectivity index (χ3n) is 2.86. The number of carbonyl (C=O) groups excluding carboxylic acids is 1. The summed E-state index contributed by atoms with van der Waals surface area (Å²) in [4.78, 5) is 11.7. The lowest BCUT2D eigenvalue weighted by Gasteiger charge is -2.28. The van der Waals surface area contributed by atoms with Crippen LogP contribution in [0.1, 0.15) is 26.3 Å². The molecule has 1 amide bonds. The van der Waals surface area contributed by atoms with E-state index in [4.69, 9.17) is 0 Å². The molecule has 0 heterocycles. The number of carbonyl (C=O) groups is 1. The van der Waals surface area contributed by atoms with E-state index in [0.717, 1.165) is 4.47 Å². The van der Waals surface area contributed by atoms with Gasteiger partial charge < -0.3 is 10.4 Å². The highest BCUT2D eigenvalue weighted by molar-refractivity contribution is 9.10. The van der Waals surface area contributed by atoms with Gasteiger partial charge in [0.1, 0.15) is 5.82 Å². The summed E-state index contributed by atoms with van der Waals surface area (Å²) in [7, 11) is 0. The molecule has 0 spiro atoms. The highest BCUT2D eigenvalue weighted by atomic mass is 79.9. The van der Waals surface area contributed by atoms with Gasteiger partial charge in [-0.05, 0) is 45.0 Å². The Labute approximate surface area is 120 Å². The second-order valence-corrected chi connectivity index (χ2v) is 5.80. The third-order valence-corrected chi connectivity index (χ3v) is 3.36. The minimum absolute atomic E-state index is 0.319. The fourth-order valence-corrected chi connectivity index (χ4v) is 1.65. The van der Waals surface area contributed by atoms with E-state index < -0.39 is 17.5 Å². The molecule has 104 valence electrons. The topological polar surface area (TPSA) is 49.3 Å². The predicted octanol–water partition coefficient (Wildman–Crippen LogP) is 2.88. The smallest absolute Gasteiger partial charge is 0.244 e. The predicted molar refractivity (Wildman–Crippen MR) is 77.0 cm³/mol. The van der Waals surface area contributed by atoms with Crippen LogP contribution in [-0.2, 0) is 4.79 Å². The minimum atomic E-state index is -0.739. The van der Waals surface area contributed by atoms with Gasteiger partial charge in [-0.2, -0.15) is 0 Å². The second kappa shape index (κ2) is 6.30. The van der Waals surface area contributed by atoms with Crippen LogP contribution in [-0.4, -0.2) is 22.7 Å². The van der Waals surface area contributed by atoms with Gasteiger partial charge in [-0.25, -0.2) is 4.39 Å². The maximum atomic E-state index is 13.4. The van der Waals surface area contributed by atoms with Gasteiger partial charge in [0.05, 0.1) is 11.6 Å². The van der Waals surface area contributed by atoms with Crippen molar-refractivity contribution in [3.63, 3.8) is 0 Å². The van der Waals surface area contributed by atoms with Gasteiger partial charge >= 0.3 is 0 Å². The molecule has 0 bridgehead atoms. The highest BCUT2D eigenvalue weighted by Gasteiger charge is 2.24. The summed E-state index contributed by atoms with van der Waals surface area (Å²) in [6.07, 6.45) is 1.95. The van der Waals surface area contributed by atoms with Gasteiger partial charge in [0.15, 0.2) is 0 Å². The van der Waals surface area contributed by atoms with Crippen LogP contribution in [0.5, 0.6) is 0 Å². The van der Waals surface area contributed by atoms with E-state index in [2.05, 4.69) is 21.2 Å². The van der Waals surface area contributed by atoms with Crippen LogP contribution in [0.3, 0.4) is 0 Å². The molecule has 0 saturated heterocycles. The zero-order valence-electron chi connectivity index (χ0n) is 11.1. The summed E-state index contributed by atoms with van der Waals surface area (Å²) in [5.74, 6) is -0.785. The lowest BCUT2D eigenvalue weighted by Crippen LogP contribution is -2.50. The number of rotatable bonds is 4. The van der Waals surface area contributed by atoms with Gasteiger partial charge in [0, 0.05) is 16.1 Å². The van der Waals surface area contributed by atoms with Crippen LogP contribution in [0.2, 0.25) is 0 Å². The summed E-state index contributed by atoms with van der Waals surface area (Å²) >= 11 is 3.24. The standard InChI is InChI=1S/C14H17BrFNO2/c1-9(18)14(2,3)17-13(19)7-4-10-8-11(15)5-6-12(10)16/h4-9,18H,1-3H3,(H,17,19)/b7-4+. The molecule has 3 nitrogen and oxygen atoms in total. The summed E-state index contributed by atoms with van der Waals surface area (Å²) in [6, 6.07) is 4.49. The highest BCUT2D eigenvalue weighted by Crippen LogP contribution is 2.16. The summed E-state index contributed by atoms with van der Waals surface area (Å²) in [5, 5.41) is 12.1. The van der Waals surface area contributed by atoms with Gasteiger partial charge in [-0.15, -0.1) is 0 Å². The Morgan fingerprint density at radius 2 is 2.16 bits per heavy atom. The van der Waals surface area contributed by atoms with Gasteiger partial charge in [0.2, 0.25) is 5.91 Å². The SMILES string of the molecule is CC(O)C(C)(C)NC(=O)/C=C/c1cc(Br)ccc1F. The zero-order chi connectivity index (χ0) is 14.6. The number of nitrogens with one attached hydrogen (secondary N) is 1. The Bertz CT molecular complexity index is 498. The quantitative estimate of drug-likeness (QED) is 0.834. The van der Waals surface area contributed by atoms with Crippen molar-refractivity contribution in [2.45, 2.75) is 32.4 Å². The van der Waals surface area contributed by atoms with Crippen LogP contribution in [0.4, 0.5) is 4.39 Å². The van der Waals surface area contributed by atoms with E-state index in [1.165, 1.54) is 18.2 Å². The first kappa shape index (κ1) is 15.9. The number of benzene rings is 1. The number of hydrogen-bond acceptors (Lipinski definition) is 2. The number of amides is 1. The molecule has 5 heteroatoms. The van der Waals surface area contributed by atoms with Crippen molar-refractivity contribution in [1.29, 1.82) is 0 Å². The average molecular weight is 330 g/mol. The lowest BCUT2D eigenvalue weighted by atomic mass is 9.99. The Morgan fingerprint density at radius 3 is 2.74 bits per heavy atom. The molecule has 19 heavy (non-hydrogen) atoms. The molecule has 2 N–H and O–H groups in total. The van der Waals surface area contributed by atoms with Crippen molar-refractivity contribution in [3.8, 4) is 0 Å². The Hall–Kier alpha value is -1.20. The molecular weight excluding hydrogens is 313 g/mol. The summed E-state index contributed by atoms with van der Waals surface area (Å²) in [6.45, 7) is 5.02. The van der Waals surface area contributed by atoms with Gasteiger partial charge in [-0.1, -0.05) is 15.9 Å². The minimum Gasteiger partial charge on any atom is -0.391 e. The van der Waals surface area contributed by atoms with Crippen molar-refractivity contribution in [1.82, 2.24) is 5.32 Å². The molecule has 0 aromatic heterocycles. The first-order chi connectivity index (χ1) is 8.72. The van der Waals surface area contributed by atoms with Gasteiger partial charge in [0.25, 0.3) is 0 Å². The largest absolute Gasteiger partial charge is 0.391 e. The molecule has 1 aromatic carbocycles. The molecular formula is C14H17BrFNO2. The van der Waals surface area contributed by atoms with E-state index in [0.29, 0.717) is 5.56 Å². The maximum Gasteiger partial charge on any atom is 0.244 e. The van der Waals surface area contributed by atoms with E-state index in [1.807, 2.05) is 0 Å². The van der Waals surface area contributed by atoms with Crippen LogP contribution in [0.25, 0.3) is 6.08 Å². The van der Waals surface area contributed by atoms with E-state index in [1.54, 1.807) is 32.9 Å². The van der Waals surface area contributed by atoms with Crippen LogP contribution < -0.4 is 5.32 Å². The first-order valence-electron chi connectivity index (χ1n) is 5.86. The van der Waals surface area contributed by atoms with Crippen molar-refractivity contribution >= 4 is 27.9 Å². The fraction of sp³-hybridized carbons (Fsp3) is 0.357. The first-order valence-corrected chi connectivity index (χ1v) is 6.65. The Morgan fingerprint density at radius 1 is 1.53 bits per heavy atom. The monoisotopic (exact) mass is 329 g/mol. The Balaban J connectivity index is 2.77. The number of halogens is 2. The van der Waals surface area contributed by atoms with Crippen LogP contribution >= 0.6 is 15.9 Å². The second-order valence-electron chi connectivity index (χ2n) is 4.89. The van der Waals surface area contributed by atoms with Crippen molar-refractivity contribution in [3.05, 3.63) is 40.1 Å². The number of hydrogen-bond donors (Lipinski definition) is 2. The lowest BCUT2D eigenvalue weighted by molar-refractivity contribution is -0.119. The van der Waals surface area contributed by atoms with Crippen LogP contribution in [0.15, 0.2) is 28.7 Å². The fourth-order valence-electron chi connectivity index (χ4n) is 1.27. The van der Waals surface area contributed by atoms with E-state index >= 15 is 0 Å². The van der Waals surface area contributed by atoms with E-state index in [-0.39, 0.29) is 5.91 Å². The molecule has 1 rings (SSSR count). The third kappa shape index (κ3) is 4.76. The zero-order valence-corrected chi connectivity index (χ0v) is 12.7. The molecule has 0 aliphatic heterocycles. The van der Waals surface area contributed by atoms with Gasteiger partial charge in [-0.3, -0.25) is 4.79 Å².